The first-order valence-corrected chi connectivity index (χ1v) is 5.39. The SMILES string of the molecule is Nc1c(NC(CC(=O)O)C2CC2)nc[nH]c1=O. The first-order chi connectivity index (χ1) is 8.08. The molecule has 0 aliphatic heterocycles. The predicted molar refractivity (Wildman–Crippen MR) is 61.7 cm³/mol. The number of carbonyl (C=O) groups is 1. The molecule has 1 saturated carbocycles. The molecular formula is C10H14N4O3. The summed E-state index contributed by atoms with van der Waals surface area (Å²) < 4.78 is 0. The summed E-state index contributed by atoms with van der Waals surface area (Å²) >= 11 is 0. The second-order valence-electron chi connectivity index (χ2n) is 4.18. The molecule has 0 radical (unpaired) electrons. The largest absolute Gasteiger partial charge is 0.481 e. The number of H-pyrrole nitrogens is 1. The maximum atomic E-state index is 11.3. The van der Waals surface area contributed by atoms with Gasteiger partial charge in [0, 0.05) is 6.04 Å². The van der Waals surface area contributed by atoms with Crippen LogP contribution in [0.25, 0.3) is 0 Å². The zero-order valence-electron chi connectivity index (χ0n) is 9.14. The number of nitrogens with two attached hydrogens (primary N) is 1. The van der Waals surface area contributed by atoms with Gasteiger partial charge in [-0.1, -0.05) is 0 Å². The van der Waals surface area contributed by atoms with Gasteiger partial charge in [-0.05, 0) is 18.8 Å². The number of nitrogens with zero attached hydrogens (tertiary/aromatic N) is 1. The van der Waals surface area contributed by atoms with Crippen LogP contribution in [0.1, 0.15) is 19.3 Å². The quantitative estimate of drug-likeness (QED) is 0.573. The van der Waals surface area contributed by atoms with Gasteiger partial charge in [-0.15, -0.1) is 0 Å². The van der Waals surface area contributed by atoms with Crippen LogP contribution in [-0.2, 0) is 4.79 Å². The zero-order valence-corrected chi connectivity index (χ0v) is 9.14. The van der Waals surface area contributed by atoms with Crippen LogP contribution < -0.4 is 16.6 Å². The van der Waals surface area contributed by atoms with Crippen LogP contribution in [-0.4, -0.2) is 27.1 Å². The van der Waals surface area contributed by atoms with Gasteiger partial charge in [0.15, 0.2) is 5.82 Å². The minimum Gasteiger partial charge on any atom is -0.481 e. The van der Waals surface area contributed by atoms with E-state index in [4.69, 9.17) is 10.8 Å². The smallest absolute Gasteiger partial charge is 0.305 e. The fraction of sp³-hybridized carbons (Fsp3) is 0.500. The fourth-order valence-electron chi connectivity index (χ4n) is 1.72. The summed E-state index contributed by atoms with van der Waals surface area (Å²) in [5.41, 5.74) is 5.13. The average molecular weight is 238 g/mol. The molecule has 7 heteroatoms. The van der Waals surface area contributed by atoms with Crippen molar-refractivity contribution >= 4 is 17.5 Å². The summed E-state index contributed by atoms with van der Waals surface area (Å²) in [5, 5.41) is 11.7. The van der Waals surface area contributed by atoms with Gasteiger partial charge in [0.2, 0.25) is 0 Å². The van der Waals surface area contributed by atoms with E-state index in [2.05, 4.69) is 15.3 Å². The van der Waals surface area contributed by atoms with Gasteiger partial charge in [-0.25, -0.2) is 4.98 Å². The second-order valence-corrected chi connectivity index (χ2v) is 4.18. The molecule has 0 aromatic carbocycles. The van der Waals surface area contributed by atoms with E-state index >= 15 is 0 Å². The number of hydrogen-bond acceptors (Lipinski definition) is 5. The molecule has 0 bridgehead atoms. The van der Waals surface area contributed by atoms with Crippen LogP contribution >= 0.6 is 0 Å². The van der Waals surface area contributed by atoms with Crippen molar-refractivity contribution in [2.45, 2.75) is 25.3 Å². The molecular weight excluding hydrogens is 224 g/mol. The minimum atomic E-state index is -0.877. The monoisotopic (exact) mass is 238 g/mol. The lowest BCUT2D eigenvalue weighted by Crippen LogP contribution is -2.28. The van der Waals surface area contributed by atoms with Crippen molar-refractivity contribution in [2.24, 2.45) is 5.92 Å². The predicted octanol–water partition coefficient (Wildman–Crippen LogP) is 0.0173. The molecule has 1 unspecified atom stereocenters. The Labute approximate surface area is 97.1 Å². The molecule has 7 nitrogen and oxygen atoms in total. The van der Waals surface area contributed by atoms with Gasteiger partial charge >= 0.3 is 5.97 Å². The summed E-state index contributed by atoms with van der Waals surface area (Å²) in [6, 6.07) is -0.218. The summed E-state index contributed by atoms with van der Waals surface area (Å²) in [6.45, 7) is 0. The third kappa shape index (κ3) is 2.74. The fourth-order valence-corrected chi connectivity index (χ4v) is 1.72. The molecule has 1 aliphatic rings. The number of carboxylic acids is 1. The van der Waals surface area contributed by atoms with Crippen molar-refractivity contribution in [3.05, 3.63) is 16.7 Å². The number of aliphatic carboxylic acids is 1. The number of anilines is 2. The van der Waals surface area contributed by atoms with Gasteiger partial charge in [0.1, 0.15) is 5.69 Å². The summed E-state index contributed by atoms with van der Waals surface area (Å²) in [5.74, 6) is -0.295. The van der Waals surface area contributed by atoms with E-state index in [1.54, 1.807) is 0 Å². The number of aromatic amines is 1. The summed E-state index contributed by atoms with van der Waals surface area (Å²) in [7, 11) is 0. The van der Waals surface area contributed by atoms with E-state index in [0.717, 1.165) is 12.8 Å². The maximum Gasteiger partial charge on any atom is 0.305 e. The van der Waals surface area contributed by atoms with Crippen molar-refractivity contribution in [2.75, 3.05) is 11.1 Å². The molecule has 1 aromatic heterocycles. The highest BCUT2D eigenvalue weighted by Crippen LogP contribution is 2.35. The van der Waals surface area contributed by atoms with E-state index in [1.165, 1.54) is 6.33 Å². The number of nitrogens with one attached hydrogen (secondary N) is 2. The van der Waals surface area contributed by atoms with Crippen molar-refractivity contribution in [1.82, 2.24) is 9.97 Å². The molecule has 1 aliphatic carbocycles. The highest BCUT2D eigenvalue weighted by molar-refractivity contribution is 5.69. The summed E-state index contributed by atoms with van der Waals surface area (Å²) in [6.07, 6.45) is 3.23. The van der Waals surface area contributed by atoms with Crippen LogP contribution in [0.5, 0.6) is 0 Å². The minimum absolute atomic E-state index is 0.00140. The molecule has 5 N–H and O–H groups in total. The Morgan fingerprint density at radius 2 is 2.41 bits per heavy atom. The standard InChI is InChI=1S/C10H14N4O3/c11-8-9(12-4-13-10(8)17)14-6(3-7(15)16)5-1-2-5/h4-6H,1-3,11H2,(H,15,16)(H2,12,13,14,17). The zero-order chi connectivity index (χ0) is 12.4. The molecule has 1 aromatic rings. The molecule has 1 fully saturated rings. The second kappa shape index (κ2) is 4.44. The van der Waals surface area contributed by atoms with Gasteiger partial charge in [-0.2, -0.15) is 0 Å². The summed E-state index contributed by atoms with van der Waals surface area (Å²) in [4.78, 5) is 28.2. The van der Waals surface area contributed by atoms with Crippen LogP contribution in [0.4, 0.5) is 11.5 Å². The lowest BCUT2D eigenvalue weighted by atomic mass is 10.1. The van der Waals surface area contributed by atoms with Gasteiger partial charge in [0.05, 0.1) is 12.7 Å². The lowest BCUT2D eigenvalue weighted by Gasteiger charge is -2.17. The van der Waals surface area contributed by atoms with Gasteiger partial charge in [-0.3, -0.25) is 9.59 Å². The Morgan fingerprint density at radius 1 is 1.71 bits per heavy atom. The Bertz CT molecular complexity index is 481. The number of aromatic nitrogens is 2. The average Bonchev–Trinajstić information content (AvgIpc) is 3.06. The normalized spacial score (nSPS) is 16.5. The molecule has 0 spiro atoms. The van der Waals surface area contributed by atoms with E-state index in [1.807, 2.05) is 0 Å². The third-order valence-electron chi connectivity index (χ3n) is 2.80. The Balaban J connectivity index is 2.14. The molecule has 1 heterocycles. The maximum absolute atomic E-state index is 11.3. The first-order valence-electron chi connectivity index (χ1n) is 5.39. The Morgan fingerprint density at radius 3 is 3.00 bits per heavy atom. The first kappa shape index (κ1) is 11.4. The van der Waals surface area contributed by atoms with Crippen LogP contribution in [0, 0.1) is 5.92 Å². The van der Waals surface area contributed by atoms with Crippen molar-refractivity contribution < 1.29 is 9.90 Å². The van der Waals surface area contributed by atoms with E-state index in [9.17, 15) is 9.59 Å². The third-order valence-corrected chi connectivity index (χ3v) is 2.80. The van der Waals surface area contributed by atoms with Gasteiger partial charge in [0.25, 0.3) is 5.56 Å². The van der Waals surface area contributed by atoms with E-state index in [-0.39, 0.29) is 24.0 Å². The van der Waals surface area contributed by atoms with Crippen LogP contribution in [0.3, 0.4) is 0 Å². The highest BCUT2D eigenvalue weighted by Gasteiger charge is 2.33. The van der Waals surface area contributed by atoms with Gasteiger partial charge < -0.3 is 21.1 Å². The molecule has 2 rings (SSSR count). The molecule has 1 atom stereocenters. The van der Waals surface area contributed by atoms with E-state index < -0.39 is 11.5 Å². The number of hydrogen-bond donors (Lipinski definition) is 4. The molecule has 92 valence electrons. The van der Waals surface area contributed by atoms with Crippen molar-refractivity contribution in [1.29, 1.82) is 0 Å². The number of nitrogen functional groups attached to an aromatic ring is 1. The van der Waals surface area contributed by atoms with Crippen LogP contribution in [0.2, 0.25) is 0 Å². The van der Waals surface area contributed by atoms with E-state index in [0.29, 0.717) is 5.92 Å². The Kier molecular flexibility index (Phi) is 2.99. The molecule has 0 amide bonds. The van der Waals surface area contributed by atoms with Crippen molar-refractivity contribution in [3.8, 4) is 0 Å². The lowest BCUT2D eigenvalue weighted by molar-refractivity contribution is -0.137. The number of carboxylic acid groups (broad SMARTS) is 1. The highest BCUT2D eigenvalue weighted by atomic mass is 16.4. The topological polar surface area (TPSA) is 121 Å². The van der Waals surface area contributed by atoms with Crippen LogP contribution in [0.15, 0.2) is 11.1 Å². The Hall–Kier alpha value is -2.05. The van der Waals surface area contributed by atoms with Crippen molar-refractivity contribution in [3.63, 3.8) is 0 Å². The number of rotatable bonds is 5. The molecule has 0 saturated heterocycles. The molecule has 17 heavy (non-hydrogen) atoms.